The van der Waals surface area contributed by atoms with Crippen molar-refractivity contribution in [1.29, 1.82) is 0 Å². The van der Waals surface area contributed by atoms with Crippen LogP contribution in [0.15, 0.2) is 48.0 Å². The van der Waals surface area contributed by atoms with Crippen LogP contribution in [-0.2, 0) is 14.3 Å². The molecule has 1 unspecified atom stereocenters. The summed E-state index contributed by atoms with van der Waals surface area (Å²) < 4.78 is 22.4. The maximum atomic E-state index is 13.3. The monoisotopic (exact) mass is 508 g/mol. The summed E-state index contributed by atoms with van der Waals surface area (Å²) in [5.74, 6) is 0.219. The molecule has 1 atom stereocenters. The summed E-state index contributed by atoms with van der Waals surface area (Å²) in [5.41, 5.74) is 1.18. The van der Waals surface area contributed by atoms with E-state index in [2.05, 4.69) is 4.90 Å². The number of fused-ring (bicyclic) bond motifs is 1. The van der Waals surface area contributed by atoms with Crippen LogP contribution in [-0.4, -0.2) is 85.8 Å². The van der Waals surface area contributed by atoms with Crippen molar-refractivity contribution in [3.8, 4) is 17.2 Å². The van der Waals surface area contributed by atoms with Gasteiger partial charge < -0.3 is 29.0 Å². The summed E-state index contributed by atoms with van der Waals surface area (Å²) in [4.78, 5) is 30.4. The summed E-state index contributed by atoms with van der Waals surface area (Å²) in [6, 6.07) is 11.6. The third kappa shape index (κ3) is 5.28. The molecule has 1 N–H and O–H groups in total. The van der Waals surface area contributed by atoms with Gasteiger partial charge in [-0.15, -0.1) is 0 Å². The van der Waals surface area contributed by atoms with Gasteiger partial charge in [-0.1, -0.05) is 19.1 Å². The Morgan fingerprint density at radius 3 is 2.43 bits per heavy atom. The van der Waals surface area contributed by atoms with E-state index in [4.69, 9.17) is 18.9 Å². The first-order valence-electron chi connectivity index (χ1n) is 12.8. The molecule has 3 aliphatic heterocycles. The lowest BCUT2D eigenvalue weighted by atomic mass is 9.95. The maximum absolute atomic E-state index is 13.3. The molecule has 9 nitrogen and oxygen atoms in total. The predicted octanol–water partition coefficient (Wildman–Crippen LogP) is 3.00. The average molecular weight is 509 g/mol. The smallest absolute Gasteiger partial charge is 0.295 e. The normalized spacial score (nSPS) is 21.3. The molecule has 0 aliphatic carbocycles. The first kappa shape index (κ1) is 25.1. The number of ketones is 1. The first-order valence-corrected chi connectivity index (χ1v) is 12.8. The molecule has 2 aromatic carbocycles. The molecule has 2 saturated heterocycles. The number of aliphatic hydroxyl groups excluding tert-OH is 1. The lowest BCUT2D eigenvalue weighted by molar-refractivity contribution is -0.140. The van der Waals surface area contributed by atoms with Gasteiger partial charge in [0.1, 0.15) is 24.7 Å². The molecule has 37 heavy (non-hydrogen) atoms. The van der Waals surface area contributed by atoms with Crippen molar-refractivity contribution in [2.24, 2.45) is 0 Å². The highest BCUT2D eigenvalue weighted by molar-refractivity contribution is 6.46. The second kappa shape index (κ2) is 11.2. The van der Waals surface area contributed by atoms with Gasteiger partial charge >= 0.3 is 0 Å². The van der Waals surface area contributed by atoms with E-state index < -0.39 is 17.7 Å². The number of morpholine rings is 1. The quantitative estimate of drug-likeness (QED) is 0.330. The Morgan fingerprint density at radius 1 is 0.973 bits per heavy atom. The molecule has 0 spiro atoms. The SMILES string of the molecule is CCCOc1ccc(C2/C(=C(\O)c3ccc4c(c3)OCCO4)C(=O)C(=O)N2CCN2CCOCC2)cc1. The standard InChI is InChI=1S/C28H32N2O7/c1-2-13-35-21-6-3-19(4-7-21)25-24(26(31)20-5-8-22-23(18-20)37-17-16-36-22)27(32)28(33)30(25)10-9-29-11-14-34-15-12-29/h3-8,18,25,31H,2,9-17H2,1H3/b26-24+. The van der Waals surface area contributed by atoms with Gasteiger partial charge in [-0.05, 0) is 42.3 Å². The van der Waals surface area contributed by atoms with E-state index in [0.717, 1.165) is 25.1 Å². The van der Waals surface area contributed by atoms with Crippen LogP contribution in [0.5, 0.6) is 17.2 Å². The fraction of sp³-hybridized carbons (Fsp3) is 0.429. The lowest BCUT2D eigenvalue weighted by Gasteiger charge is -2.31. The number of likely N-dealkylation sites (tertiary alicyclic amines) is 1. The fourth-order valence-corrected chi connectivity index (χ4v) is 4.84. The molecule has 0 saturated carbocycles. The van der Waals surface area contributed by atoms with Gasteiger partial charge in [0.25, 0.3) is 11.7 Å². The highest BCUT2D eigenvalue weighted by Gasteiger charge is 2.46. The number of nitrogens with zero attached hydrogens (tertiary/aromatic N) is 2. The van der Waals surface area contributed by atoms with E-state index in [1.807, 2.05) is 31.2 Å². The molecule has 3 heterocycles. The number of aliphatic hydroxyl groups is 1. The van der Waals surface area contributed by atoms with E-state index in [1.165, 1.54) is 0 Å². The van der Waals surface area contributed by atoms with Gasteiger partial charge in [0.05, 0.1) is 31.4 Å². The molecule has 0 bridgehead atoms. The molecule has 9 heteroatoms. The molecule has 3 aliphatic rings. The number of carbonyl (C=O) groups is 2. The number of benzene rings is 2. The molecular formula is C28H32N2O7. The van der Waals surface area contributed by atoms with Crippen molar-refractivity contribution in [2.75, 3.05) is 59.2 Å². The van der Waals surface area contributed by atoms with Crippen molar-refractivity contribution in [1.82, 2.24) is 9.80 Å². The van der Waals surface area contributed by atoms with E-state index in [-0.39, 0.29) is 11.3 Å². The summed E-state index contributed by atoms with van der Waals surface area (Å²) >= 11 is 0. The predicted molar refractivity (Wildman–Crippen MR) is 136 cm³/mol. The number of Topliss-reactive ketones (excluding diaryl/α,β-unsaturated/α-hetero) is 1. The maximum Gasteiger partial charge on any atom is 0.295 e. The number of carbonyl (C=O) groups excluding carboxylic acids is 2. The summed E-state index contributed by atoms with van der Waals surface area (Å²) in [6.45, 7) is 7.27. The van der Waals surface area contributed by atoms with E-state index in [9.17, 15) is 14.7 Å². The van der Waals surface area contributed by atoms with Crippen LogP contribution in [0.4, 0.5) is 0 Å². The second-order valence-corrected chi connectivity index (χ2v) is 9.22. The van der Waals surface area contributed by atoms with Crippen LogP contribution in [0.3, 0.4) is 0 Å². The number of rotatable bonds is 8. The third-order valence-electron chi connectivity index (χ3n) is 6.79. The van der Waals surface area contributed by atoms with Gasteiger partial charge in [0, 0.05) is 31.7 Å². The number of hydrogen-bond acceptors (Lipinski definition) is 8. The summed E-state index contributed by atoms with van der Waals surface area (Å²) in [6.07, 6.45) is 0.888. The molecular weight excluding hydrogens is 476 g/mol. The van der Waals surface area contributed by atoms with Crippen molar-refractivity contribution in [3.63, 3.8) is 0 Å². The topological polar surface area (TPSA) is 97.8 Å². The van der Waals surface area contributed by atoms with Crippen LogP contribution >= 0.6 is 0 Å². The highest BCUT2D eigenvalue weighted by atomic mass is 16.6. The molecule has 1 amide bonds. The Hall–Kier alpha value is -3.56. The minimum atomic E-state index is -0.727. The van der Waals surface area contributed by atoms with Gasteiger partial charge in [-0.3, -0.25) is 14.5 Å². The number of amides is 1. The summed E-state index contributed by atoms with van der Waals surface area (Å²) in [7, 11) is 0. The largest absolute Gasteiger partial charge is 0.507 e. The minimum absolute atomic E-state index is 0.0610. The van der Waals surface area contributed by atoms with Gasteiger partial charge in [0.2, 0.25) is 0 Å². The first-order chi connectivity index (χ1) is 18.1. The zero-order valence-corrected chi connectivity index (χ0v) is 21.0. The molecule has 2 aromatic rings. The molecule has 0 aromatic heterocycles. The molecule has 0 radical (unpaired) electrons. The van der Waals surface area contributed by atoms with E-state index in [0.29, 0.717) is 68.9 Å². The minimum Gasteiger partial charge on any atom is -0.507 e. The van der Waals surface area contributed by atoms with Crippen LogP contribution < -0.4 is 14.2 Å². The van der Waals surface area contributed by atoms with Crippen LogP contribution in [0.25, 0.3) is 5.76 Å². The zero-order valence-electron chi connectivity index (χ0n) is 21.0. The van der Waals surface area contributed by atoms with E-state index in [1.54, 1.807) is 23.1 Å². The van der Waals surface area contributed by atoms with Crippen LogP contribution in [0.2, 0.25) is 0 Å². The lowest BCUT2D eigenvalue weighted by Crippen LogP contribution is -2.42. The van der Waals surface area contributed by atoms with Gasteiger partial charge in [0.15, 0.2) is 11.5 Å². The van der Waals surface area contributed by atoms with Crippen LogP contribution in [0, 0.1) is 0 Å². The van der Waals surface area contributed by atoms with Gasteiger partial charge in [-0.25, -0.2) is 0 Å². The fourth-order valence-electron chi connectivity index (χ4n) is 4.84. The summed E-state index contributed by atoms with van der Waals surface area (Å²) in [5, 5.41) is 11.4. The highest BCUT2D eigenvalue weighted by Crippen LogP contribution is 2.41. The van der Waals surface area contributed by atoms with Crippen molar-refractivity contribution >= 4 is 17.4 Å². The zero-order chi connectivity index (χ0) is 25.8. The van der Waals surface area contributed by atoms with Crippen molar-refractivity contribution in [2.45, 2.75) is 19.4 Å². The second-order valence-electron chi connectivity index (χ2n) is 9.22. The van der Waals surface area contributed by atoms with Gasteiger partial charge in [-0.2, -0.15) is 0 Å². The molecule has 196 valence electrons. The Bertz CT molecular complexity index is 1170. The van der Waals surface area contributed by atoms with E-state index >= 15 is 0 Å². The molecule has 5 rings (SSSR count). The molecule has 2 fully saturated rings. The van der Waals surface area contributed by atoms with Crippen molar-refractivity contribution < 1.29 is 33.6 Å². The van der Waals surface area contributed by atoms with Crippen molar-refractivity contribution in [3.05, 3.63) is 59.2 Å². The number of ether oxygens (including phenoxy) is 4. The Kier molecular flexibility index (Phi) is 7.62. The third-order valence-corrected chi connectivity index (χ3v) is 6.79. The average Bonchev–Trinajstić information content (AvgIpc) is 3.20. The van der Waals surface area contributed by atoms with Crippen LogP contribution in [0.1, 0.15) is 30.5 Å². The Balaban J connectivity index is 1.51. The Labute approximate surface area is 216 Å². The Morgan fingerprint density at radius 2 is 1.70 bits per heavy atom. The number of hydrogen-bond donors (Lipinski definition) is 1.